The molecule has 0 bridgehead atoms. The molecule has 0 amide bonds. The standard InChI is InChI=1S/C13H20FNO/c1-3-4-5-6-12(15)10-7-8-11(14)13(9-10)16-2/h7-9,12H,3-6,15H2,1-2H3/t12-/m1/s1. The van der Waals surface area contributed by atoms with Crippen LogP contribution in [0.2, 0.25) is 0 Å². The minimum atomic E-state index is -0.341. The van der Waals surface area contributed by atoms with E-state index in [0.717, 1.165) is 18.4 Å². The van der Waals surface area contributed by atoms with Gasteiger partial charge in [0.15, 0.2) is 11.6 Å². The Morgan fingerprint density at radius 3 is 2.75 bits per heavy atom. The molecular formula is C13H20FNO. The van der Waals surface area contributed by atoms with Gasteiger partial charge in [-0.3, -0.25) is 0 Å². The summed E-state index contributed by atoms with van der Waals surface area (Å²) in [4.78, 5) is 0. The van der Waals surface area contributed by atoms with Crippen molar-refractivity contribution in [1.82, 2.24) is 0 Å². The predicted octanol–water partition coefficient (Wildman–Crippen LogP) is 3.41. The van der Waals surface area contributed by atoms with Crippen molar-refractivity contribution >= 4 is 0 Å². The first-order valence-corrected chi connectivity index (χ1v) is 5.78. The van der Waals surface area contributed by atoms with E-state index in [9.17, 15) is 4.39 Å². The van der Waals surface area contributed by atoms with Crippen LogP contribution in [0.1, 0.15) is 44.2 Å². The molecule has 0 fully saturated rings. The molecule has 1 aromatic carbocycles. The zero-order valence-electron chi connectivity index (χ0n) is 10.0. The van der Waals surface area contributed by atoms with Crippen LogP contribution in [0.5, 0.6) is 5.75 Å². The monoisotopic (exact) mass is 225 g/mol. The summed E-state index contributed by atoms with van der Waals surface area (Å²) in [6.45, 7) is 2.16. The van der Waals surface area contributed by atoms with Gasteiger partial charge >= 0.3 is 0 Å². The lowest BCUT2D eigenvalue weighted by Crippen LogP contribution is -2.10. The van der Waals surface area contributed by atoms with Gasteiger partial charge in [-0.25, -0.2) is 4.39 Å². The van der Waals surface area contributed by atoms with Gasteiger partial charge in [0.2, 0.25) is 0 Å². The van der Waals surface area contributed by atoms with E-state index in [0.29, 0.717) is 0 Å². The van der Waals surface area contributed by atoms with Crippen molar-refractivity contribution in [1.29, 1.82) is 0 Å². The summed E-state index contributed by atoms with van der Waals surface area (Å²) >= 11 is 0. The van der Waals surface area contributed by atoms with Crippen LogP contribution in [0, 0.1) is 5.82 Å². The molecule has 0 unspecified atom stereocenters. The molecule has 0 aliphatic rings. The first kappa shape index (κ1) is 13.0. The molecule has 0 spiro atoms. The number of hydrogen-bond acceptors (Lipinski definition) is 2. The molecule has 2 N–H and O–H groups in total. The largest absolute Gasteiger partial charge is 0.494 e. The van der Waals surface area contributed by atoms with E-state index in [1.165, 1.54) is 26.0 Å². The highest BCUT2D eigenvalue weighted by Crippen LogP contribution is 2.24. The first-order chi connectivity index (χ1) is 7.69. The van der Waals surface area contributed by atoms with Crippen molar-refractivity contribution in [2.45, 2.75) is 38.6 Å². The van der Waals surface area contributed by atoms with Crippen LogP contribution in [-0.4, -0.2) is 7.11 Å². The van der Waals surface area contributed by atoms with E-state index in [4.69, 9.17) is 10.5 Å². The smallest absolute Gasteiger partial charge is 0.165 e. The van der Waals surface area contributed by atoms with Gasteiger partial charge in [-0.15, -0.1) is 0 Å². The first-order valence-electron chi connectivity index (χ1n) is 5.78. The number of unbranched alkanes of at least 4 members (excludes halogenated alkanes) is 2. The lowest BCUT2D eigenvalue weighted by molar-refractivity contribution is 0.385. The highest BCUT2D eigenvalue weighted by molar-refractivity contribution is 5.31. The molecule has 0 heterocycles. The maximum absolute atomic E-state index is 13.2. The van der Waals surface area contributed by atoms with Crippen molar-refractivity contribution < 1.29 is 9.13 Å². The van der Waals surface area contributed by atoms with E-state index in [2.05, 4.69) is 6.92 Å². The van der Waals surface area contributed by atoms with Crippen LogP contribution in [0.4, 0.5) is 4.39 Å². The summed E-state index contributed by atoms with van der Waals surface area (Å²) in [5.41, 5.74) is 6.97. The van der Waals surface area contributed by atoms with Crippen LogP contribution >= 0.6 is 0 Å². The fourth-order valence-electron chi connectivity index (χ4n) is 1.69. The van der Waals surface area contributed by atoms with Gasteiger partial charge in [0, 0.05) is 6.04 Å². The minimum absolute atomic E-state index is 0.0268. The number of ether oxygens (including phenoxy) is 1. The van der Waals surface area contributed by atoms with Crippen molar-refractivity contribution in [3.63, 3.8) is 0 Å². The van der Waals surface area contributed by atoms with E-state index in [-0.39, 0.29) is 17.6 Å². The van der Waals surface area contributed by atoms with E-state index in [1.807, 2.05) is 0 Å². The number of nitrogens with two attached hydrogens (primary N) is 1. The average Bonchev–Trinajstić information content (AvgIpc) is 2.30. The second kappa shape index (κ2) is 6.48. The predicted molar refractivity (Wildman–Crippen MR) is 64.0 cm³/mol. The van der Waals surface area contributed by atoms with Gasteiger partial charge in [0.1, 0.15) is 0 Å². The SMILES string of the molecule is CCCCC[C@@H](N)c1ccc(F)c(OC)c1. The molecule has 3 heteroatoms. The fraction of sp³-hybridized carbons (Fsp3) is 0.538. The number of methoxy groups -OCH3 is 1. The molecule has 1 rings (SSSR count). The Morgan fingerprint density at radius 2 is 2.12 bits per heavy atom. The Morgan fingerprint density at radius 1 is 1.38 bits per heavy atom. The van der Waals surface area contributed by atoms with Crippen LogP contribution in [0.15, 0.2) is 18.2 Å². The maximum Gasteiger partial charge on any atom is 0.165 e. The van der Waals surface area contributed by atoms with Crippen LogP contribution in [0.3, 0.4) is 0 Å². The third kappa shape index (κ3) is 3.49. The summed E-state index contributed by atoms with van der Waals surface area (Å²) in [5, 5.41) is 0. The second-order valence-electron chi connectivity index (χ2n) is 4.00. The summed E-state index contributed by atoms with van der Waals surface area (Å²) < 4.78 is 18.1. The average molecular weight is 225 g/mol. The van der Waals surface area contributed by atoms with Crippen molar-refractivity contribution in [2.75, 3.05) is 7.11 Å². The number of rotatable bonds is 6. The van der Waals surface area contributed by atoms with Gasteiger partial charge in [-0.2, -0.15) is 0 Å². The van der Waals surface area contributed by atoms with Gasteiger partial charge in [0.25, 0.3) is 0 Å². The summed E-state index contributed by atoms with van der Waals surface area (Å²) in [6, 6.07) is 4.80. The Hall–Kier alpha value is -1.09. The molecule has 0 radical (unpaired) electrons. The molecule has 0 saturated heterocycles. The molecule has 1 atom stereocenters. The van der Waals surface area contributed by atoms with Crippen LogP contribution < -0.4 is 10.5 Å². The third-order valence-corrected chi connectivity index (χ3v) is 2.72. The zero-order chi connectivity index (χ0) is 12.0. The Balaban J connectivity index is 2.64. The molecule has 0 saturated carbocycles. The molecule has 0 aliphatic heterocycles. The highest BCUT2D eigenvalue weighted by atomic mass is 19.1. The highest BCUT2D eigenvalue weighted by Gasteiger charge is 2.09. The normalized spacial score (nSPS) is 12.5. The Kier molecular flexibility index (Phi) is 5.26. The third-order valence-electron chi connectivity index (χ3n) is 2.72. The molecule has 0 aromatic heterocycles. The van der Waals surface area contributed by atoms with Crippen molar-refractivity contribution in [3.05, 3.63) is 29.6 Å². The quantitative estimate of drug-likeness (QED) is 0.753. The van der Waals surface area contributed by atoms with Gasteiger partial charge < -0.3 is 10.5 Å². The van der Waals surface area contributed by atoms with Crippen LogP contribution in [0.25, 0.3) is 0 Å². The number of benzene rings is 1. The topological polar surface area (TPSA) is 35.2 Å². The lowest BCUT2D eigenvalue weighted by Gasteiger charge is -2.13. The second-order valence-corrected chi connectivity index (χ2v) is 4.00. The fourth-order valence-corrected chi connectivity index (χ4v) is 1.69. The van der Waals surface area contributed by atoms with Gasteiger partial charge in [-0.05, 0) is 24.1 Å². The molecule has 16 heavy (non-hydrogen) atoms. The molecule has 0 aliphatic carbocycles. The van der Waals surface area contributed by atoms with Crippen molar-refractivity contribution in [3.8, 4) is 5.75 Å². The van der Waals surface area contributed by atoms with Crippen LogP contribution in [-0.2, 0) is 0 Å². The Bertz CT molecular complexity index is 328. The lowest BCUT2D eigenvalue weighted by atomic mass is 10.0. The number of hydrogen-bond donors (Lipinski definition) is 1. The maximum atomic E-state index is 13.2. The molecule has 90 valence electrons. The minimum Gasteiger partial charge on any atom is -0.494 e. The summed E-state index contributed by atoms with van der Waals surface area (Å²) in [5.74, 6) is -0.0737. The molecular weight excluding hydrogens is 205 g/mol. The number of halogens is 1. The van der Waals surface area contributed by atoms with E-state index < -0.39 is 0 Å². The van der Waals surface area contributed by atoms with E-state index >= 15 is 0 Å². The molecule has 1 aromatic rings. The zero-order valence-corrected chi connectivity index (χ0v) is 10.0. The van der Waals surface area contributed by atoms with Gasteiger partial charge in [0.05, 0.1) is 7.11 Å². The summed E-state index contributed by atoms with van der Waals surface area (Å²) in [7, 11) is 1.46. The Labute approximate surface area is 96.6 Å². The van der Waals surface area contributed by atoms with Gasteiger partial charge in [-0.1, -0.05) is 32.3 Å². The molecule has 2 nitrogen and oxygen atoms in total. The van der Waals surface area contributed by atoms with Crippen molar-refractivity contribution in [2.24, 2.45) is 5.73 Å². The summed E-state index contributed by atoms with van der Waals surface area (Å²) in [6.07, 6.45) is 4.41. The van der Waals surface area contributed by atoms with E-state index in [1.54, 1.807) is 12.1 Å².